The average molecular weight is 318 g/mol. The monoisotopic (exact) mass is 318 g/mol. The van der Waals surface area contributed by atoms with E-state index in [4.69, 9.17) is 0 Å². The molecule has 4 fully saturated rings. The lowest BCUT2D eigenvalue weighted by atomic mass is 15.6. The third-order valence-electron chi connectivity index (χ3n) is 1.20. The average Bonchev–Trinajstić information content (AvgIpc) is 1.67. The minimum atomic E-state index is -4.43. The molecule has 0 spiro atoms. The number of rotatable bonds is 0. The lowest BCUT2D eigenvalue weighted by Gasteiger charge is -2.41. The lowest BCUT2D eigenvalue weighted by Crippen LogP contribution is -2.19. The molecule has 15 heteroatoms. The van der Waals surface area contributed by atoms with E-state index in [2.05, 4.69) is 25.9 Å². The van der Waals surface area contributed by atoms with Gasteiger partial charge in [-0.05, 0) is 0 Å². The highest BCUT2D eigenvalue weighted by atomic mass is 31.4. The highest BCUT2D eigenvalue weighted by Gasteiger charge is 2.74. The van der Waals surface area contributed by atoms with Gasteiger partial charge in [-0.15, -0.1) is 0 Å². The Morgan fingerprint density at radius 2 is 0.600 bits per heavy atom. The third kappa shape index (κ3) is 1.89. The van der Waals surface area contributed by atoms with Crippen LogP contribution in [0.25, 0.3) is 0 Å². The molecule has 4 saturated heterocycles. The van der Waals surface area contributed by atoms with E-state index in [-0.39, 0.29) is 9.90 Å². The van der Waals surface area contributed by atoms with Crippen LogP contribution in [0.4, 0.5) is 0 Å². The van der Waals surface area contributed by atoms with Crippen molar-refractivity contribution in [3.8, 4) is 0 Å². The molecule has 15 heavy (non-hydrogen) atoms. The molecule has 1 atom stereocenters. The topological polar surface area (TPSA) is 124 Å². The van der Waals surface area contributed by atoms with Crippen LogP contribution in [0.1, 0.15) is 0 Å². The standard InChI is InChI=1S/O10P4.H3P/c1-11-5-12(2)8-13(3,6-11)10-14(4,7-11)9-12;/h;1H3. The van der Waals surface area contributed by atoms with Crippen molar-refractivity contribution in [2.45, 2.75) is 0 Å². The van der Waals surface area contributed by atoms with Crippen LogP contribution in [0.15, 0.2) is 0 Å². The molecule has 4 rings (SSSR count). The molecule has 0 amide bonds. The molecule has 4 aliphatic heterocycles. The van der Waals surface area contributed by atoms with E-state index in [9.17, 15) is 18.3 Å². The summed E-state index contributed by atoms with van der Waals surface area (Å²) in [4.78, 5) is 0. The predicted molar refractivity (Wildman–Crippen MR) is 48.0 cm³/mol. The molecule has 0 aliphatic carbocycles. The van der Waals surface area contributed by atoms with Crippen LogP contribution in [0, 0.1) is 0 Å². The molecule has 4 bridgehead atoms. The number of hydrogen-bond donors (Lipinski definition) is 0. The molecular weight excluding hydrogens is 315 g/mol. The minimum Gasteiger partial charge on any atom is -0.226 e. The minimum absolute atomic E-state index is 0. The van der Waals surface area contributed by atoms with Gasteiger partial charge in [-0.25, -0.2) is 18.3 Å². The van der Waals surface area contributed by atoms with Gasteiger partial charge in [-0.1, -0.05) is 0 Å². The highest BCUT2D eigenvalue weighted by molar-refractivity contribution is 7.88. The maximum absolute atomic E-state index is 11.3. The molecule has 4 heterocycles. The van der Waals surface area contributed by atoms with Crippen molar-refractivity contribution in [1.82, 2.24) is 0 Å². The van der Waals surface area contributed by atoms with Crippen molar-refractivity contribution in [1.29, 1.82) is 0 Å². The third-order valence-corrected chi connectivity index (χ3v) is 10.8. The van der Waals surface area contributed by atoms with Gasteiger partial charge in [-0.2, -0.15) is 35.8 Å². The maximum atomic E-state index is 11.3. The van der Waals surface area contributed by atoms with Crippen LogP contribution in [0.2, 0.25) is 0 Å². The molecule has 0 N–H and O–H groups in total. The summed E-state index contributed by atoms with van der Waals surface area (Å²) in [6.07, 6.45) is 0. The Morgan fingerprint density at radius 1 is 0.467 bits per heavy atom. The van der Waals surface area contributed by atoms with Crippen molar-refractivity contribution in [2.24, 2.45) is 0 Å². The van der Waals surface area contributed by atoms with E-state index in [0.717, 1.165) is 0 Å². The molecule has 4 aliphatic rings. The Hall–Kier alpha value is 1.11. The van der Waals surface area contributed by atoms with Crippen molar-refractivity contribution >= 4 is 41.2 Å². The van der Waals surface area contributed by atoms with Gasteiger partial charge in [0.1, 0.15) is 0 Å². The molecule has 0 radical (unpaired) electrons. The van der Waals surface area contributed by atoms with Crippen LogP contribution in [-0.2, 0) is 44.1 Å². The van der Waals surface area contributed by atoms with Gasteiger partial charge in [0.15, 0.2) is 0 Å². The molecule has 1 unspecified atom stereocenters. The number of hydrogen-bond acceptors (Lipinski definition) is 10. The summed E-state index contributed by atoms with van der Waals surface area (Å²) in [5, 5.41) is 0. The molecule has 0 aromatic carbocycles. The first kappa shape index (κ1) is 12.6. The van der Waals surface area contributed by atoms with Crippen molar-refractivity contribution in [3.63, 3.8) is 0 Å². The zero-order valence-electron chi connectivity index (χ0n) is 6.58. The number of phosphoric acid groups is 4. The summed E-state index contributed by atoms with van der Waals surface area (Å²) >= 11 is 0. The van der Waals surface area contributed by atoms with Crippen molar-refractivity contribution in [3.05, 3.63) is 0 Å². The molecule has 0 saturated carbocycles. The summed E-state index contributed by atoms with van der Waals surface area (Å²) in [6.45, 7) is 0. The van der Waals surface area contributed by atoms with Gasteiger partial charge >= 0.3 is 31.3 Å². The Balaban J connectivity index is 0.000000853. The molecule has 88 valence electrons. The van der Waals surface area contributed by atoms with Crippen molar-refractivity contribution in [2.75, 3.05) is 0 Å². The Morgan fingerprint density at radius 3 is 0.733 bits per heavy atom. The molecular formula is H3O10P5. The van der Waals surface area contributed by atoms with Crippen molar-refractivity contribution < 1.29 is 44.1 Å². The van der Waals surface area contributed by atoms with Crippen LogP contribution >= 0.6 is 41.2 Å². The summed E-state index contributed by atoms with van der Waals surface area (Å²) < 4.78 is 69.9. The fourth-order valence-corrected chi connectivity index (χ4v) is 11.4. The Kier molecular flexibility index (Phi) is 2.60. The quantitative estimate of drug-likeness (QED) is 0.615. The van der Waals surface area contributed by atoms with Gasteiger partial charge in [0.25, 0.3) is 0 Å². The first-order chi connectivity index (χ1) is 6.24. The molecule has 0 aromatic rings. The summed E-state index contributed by atoms with van der Waals surface area (Å²) in [5.41, 5.74) is 0. The van der Waals surface area contributed by atoms with Crippen LogP contribution in [0.5, 0.6) is 0 Å². The maximum Gasteiger partial charge on any atom is 0.501 e. The van der Waals surface area contributed by atoms with E-state index >= 15 is 0 Å². The second-order valence-corrected chi connectivity index (χ2v) is 9.78. The fraction of sp³-hybridized carbons (Fsp3) is 0. The summed E-state index contributed by atoms with van der Waals surface area (Å²) in [5.74, 6) is 0. The van der Waals surface area contributed by atoms with E-state index < -0.39 is 31.3 Å². The molecule has 10 nitrogen and oxygen atoms in total. The fourth-order valence-electron chi connectivity index (χ4n) is 0.914. The van der Waals surface area contributed by atoms with Crippen LogP contribution in [0.3, 0.4) is 0 Å². The Labute approximate surface area is 86.0 Å². The van der Waals surface area contributed by atoms with E-state index in [1.807, 2.05) is 0 Å². The summed E-state index contributed by atoms with van der Waals surface area (Å²) in [6, 6.07) is 0. The van der Waals surface area contributed by atoms with Gasteiger partial charge < -0.3 is 0 Å². The van der Waals surface area contributed by atoms with Crippen LogP contribution in [-0.4, -0.2) is 0 Å². The van der Waals surface area contributed by atoms with Gasteiger partial charge in [0.2, 0.25) is 0 Å². The summed E-state index contributed by atoms with van der Waals surface area (Å²) in [7, 11) is -17.7. The first-order valence-corrected chi connectivity index (χ1v) is 8.76. The highest BCUT2D eigenvalue weighted by Crippen LogP contribution is 2.99. The predicted octanol–water partition coefficient (Wildman–Crippen LogP) is 2.62. The van der Waals surface area contributed by atoms with E-state index in [1.165, 1.54) is 0 Å². The zero-order valence-corrected chi connectivity index (χ0v) is 11.6. The second kappa shape index (κ2) is 3.11. The largest absolute Gasteiger partial charge is 0.501 e. The SMILES string of the molecule is O=P12OP3(=O)OP(=O)(O1)OP(=O)(O2)O3.P. The lowest BCUT2D eigenvalue weighted by molar-refractivity contribution is 0.0910. The molecule has 0 aromatic heterocycles. The van der Waals surface area contributed by atoms with E-state index in [0.29, 0.717) is 0 Å². The van der Waals surface area contributed by atoms with Gasteiger partial charge in [0, 0.05) is 0 Å². The Bertz CT molecular complexity index is 345. The normalized spacial score (nSPS) is 61.3. The first-order valence-electron chi connectivity index (χ1n) is 2.92. The smallest absolute Gasteiger partial charge is 0.226 e. The second-order valence-electron chi connectivity index (χ2n) is 2.28. The van der Waals surface area contributed by atoms with Crippen LogP contribution < -0.4 is 0 Å². The van der Waals surface area contributed by atoms with E-state index in [1.54, 1.807) is 0 Å². The van der Waals surface area contributed by atoms with Gasteiger partial charge in [-0.3, -0.25) is 0 Å². The zero-order chi connectivity index (χ0) is 10.2. The van der Waals surface area contributed by atoms with Gasteiger partial charge in [0.05, 0.1) is 0 Å².